The summed E-state index contributed by atoms with van der Waals surface area (Å²) in [4.78, 5) is 10.7. The van der Waals surface area contributed by atoms with Crippen LogP contribution in [-0.2, 0) is 6.54 Å². The number of fused-ring (bicyclic) bond motifs is 1. The van der Waals surface area contributed by atoms with E-state index in [0.717, 1.165) is 5.69 Å². The first-order valence-corrected chi connectivity index (χ1v) is 6.95. The third kappa shape index (κ3) is 2.62. The van der Waals surface area contributed by atoms with Gasteiger partial charge >= 0.3 is 5.97 Å². The number of hydrogen-bond acceptors (Lipinski definition) is 5. The molecular formula is C13H12N4O2S. The first kappa shape index (κ1) is 12.6. The van der Waals surface area contributed by atoms with Gasteiger partial charge in [0.05, 0.1) is 12.7 Å². The van der Waals surface area contributed by atoms with Gasteiger partial charge < -0.3 is 10.4 Å². The summed E-state index contributed by atoms with van der Waals surface area (Å²) >= 11 is 1.72. The molecule has 0 saturated heterocycles. The van der Waals surface area contributed by atoms with E-state index in [9.17, 15) is 4.79 Å². The van der Waals surface area contributed by atoms with Crippen LogP contribution < -0.4 is 5.32 Å². The highest BCUT2D eigenvalue weighted by molar-refractivity contribution is 7.17. The molecule has 3 rings (SSSR count). The molecule has 2 N–H and O–H groups in total. The van der Waals surface area contributed by atoms with Crippen LogP contribution in [0.25, 0.3) is 10.1 Å². The Morgan fingerprint density at radius 3 is 3.10 bits per heavy atom. The number of aromatic carboxylic acids is 1. The number of carboxylic acid groups (broad SMARTS) is 1. The number of aromatic nitrogens is 3. The zero-order chi connectivity index (χ0) is 13.9. The van der Waals surface area contributed by atoms with Crippen molar-refractivity contribution in [3.8, 4) is 0 Å². The Bertz CT molecular complexity index is 750. The molecule has 0 radical (unpaired) electrons. The highest BCUT2D eigenvalue weighted by atomic mass is 32.1. The van der Waals surface area contributed by atoms with Crippen LogP contribution in [0.5, 0.6) is 0 Å². The molecule has 0 saturated carbocycles. The second-order valence-electron chi connectivity index (χ2n) is 4.27. The van der Waals surface area contributed by atoms with Gasteiger partial charge in [-0.15, -0.1) is 16.4 Å². The molecule has 0 aliphatic carbocycles. The summed E-state index contributed by atoms with van der Waals surface area (Å²) in [7, 11) is 0. The number of thiophene rings is 1. The van der Waals surface area contributed by atoms with Gasteiger partial charge in [0.1, 0.15) is 0 Å². The number of nitrogens with one attached hydrogen (secondary N) is 1. The van der Waals surface area contributed by atoms with Crippen molar-refractivity contribution in [2.45, 2.75) is 6.54 Å². The quantitative estimate of drug-likeness (QED) is 0.753. The van der Waals surface area contributed by atoms with Crippen molar-refractivity contribution in [1.82, 2.24) is 15.0 Å². The number of carbonyl (C=O) groups is 1. The lowest BCUT2D eigenvalue weighted by atomic mass is 10.2. The Labute approximate surface area is 118 Å². The topological polar surface area (TPSA) is 80.0 Å². The minimum atomic E-state index is -1.06. The van der Waals surface area contributed by atoms with Crippen LogP contribution in [0.1, 0.15) is 10.5 Å². The van der Waals surface area contributed by atoms with Crippen LogP contribution in [-0.4, -0.2) is 32.6 Å². The van der Waals surface area contributed by atoms with Crippen molar-refractivity contribution >= 4 is 33.1 Å². The first-order valence-electron chi connectivity index (χ1n) is 6.07. The van der Waals surface area contributed by atoms with Crippen molar-refractivity contribution in [3.63, 3.8) is 0 Å². The predicted octanol–water partition coefficient (Wildman–Crippen LogP) is 2.30. The standard InChI is InChI=1S/C13H12N4O2S/c18-13(19)11-8-17(16-15-11)5-4-14-10-1-2-12-9(7-10)3-6-20-12/h1-3,6-8,14H,4-5H2,(H,18,19). The van der Waals surface area contributed by atoms with Crippen molar-refractivity contribution in [1.29, 1.82) is 0 Å². The molecule has 0 bridgehead atoms. The maximum atomic E-state index is 10.7. The summed E-state index contributed by atoms with van der Waals surface area (Å²) in [5, 5.41) is 22.6. The zero-order valence-corrected chi connectivity index (χ0v) is 11.3. The Morgan fingerprint density at radius 2 is 2.30 bits per heavy atom. The van der Waals surface area contributed by atoms with E-state index in [4.69, 9.17) is 5.11 Å². The molecule has 0 amide bonds. The molecular weight excluding hydrogens is 276 g/mol. The molecule has 0 aliphatic rings. The smallest absolute Gasteiger partial charge is 0.358 e. The summed E-state index contributed by atoms with van der Waals surface area (Å²) in [6, 6.07) is 8.29. The summed E-state index contributed by atoms with van der Waals surface area (Å²) < 4.78 is 2.78. The van der Waals surface area contributed by atoms with E-state index in [2.05, 4.69) is 39.2 Å². The van der Waals surface area contributed by atoms with Gasteiger partial charge in [0.25, 0.3) is 0 Å². The molecule has 0 unspecified atom stereocenters. The van der Waals surface area contributed by atoms with Crippen LogP contribution in [0.4, 0.5) is 5.69 Å². The lowest BCUT2D eigenvalue weighted by Crippen LogP contribution is -2.11. The van der Waals surface area contributed by atoms with Gasteiger partial charge in [0.15, 0.2) is 5.69 Å². The number of hydrogen-bond donors (Lipinski definition) is 2. The van der Waals surface area contributed by atoms with E-state index >= 15 is 0 Å². The third-order valence-corrected chi connectivity index (χ3v) is 3.78. The molecule has 2 heterocycles. The molecule has 1 aromatic carbocycles. The lowest BCUT2D eigenvalue weighted by molar-refractivity contribution is 0.0690. The van der Waals surface area contributed by atoms with Crippen molar-refractivity contribution in [2.24, 2.45) is 0 Å². The fourth-order valence-electron chi connectivity index (χ4n) is 1.90. The largest absolute Gasteiger partial charge is 0.476 e. The molecule has 6 nitrogen and oxygen atoms in total. The van der Waals surface area contributed by atoms with Gasteiger partial charge in [-0.3, -0.25) is 0 Å². The molecule has 3 aromatic rings. The average molecular weight is 288 g/mol. The van der Waals surface area contributed by atoms with E-state index in [1.807, 2.05) is 6.07 Å². The van der Waals surface area contributed by atoms with Crippen LogP contribution in [0.3, 0.4) is 0 Å². The van der Waals surface area contributed by atoms with E-state index in [0.29, 0.717) is 13.1 Å². The van der Waals surface area contributed by atoms with Gasteiger partial charge in [-0.25, -0.2) is 9.48 Å². The molecule has 7 heteroatoms. The maximum absolute atomic E-state index is 10.7. The Hall–Kier alpha value is -2.41. The van der Waals surface area contributed by atoms with Gasteiger partial charge in [-0.1, -0.05) is 5.21 Å². The Balaban J connectivity index is 1.59. The van der Waals surface area contributed by atoms with Crippen molar-refractivity contribution in [3.05, 3.63) is 41.5 Å². The number of rotatable bonds is 5. The summed E-state index contributed by atoms with van der Waals surface area (Å²) in [5.74, 6) is -1.06. The molecule has 0 spiro atoms. The molecule has 102 valence electrons. The highest BCUT2D eigenvalue weighted by Gasteiger charge is 2.07. The minimum absolute atomic E-state index is 0.0373. The lowest BCUT2D eigenvalue weighted by Gasteiger charge is -2.06. The minimum Gasteiger partial charge on any atom is -0.476 e. The fraction of sp³-hybridized carbons (Fsp3) is 0.154. The van der Waals surface area contributed by atoms with Gasteiger partial charge in [-0.2, -0.15) is 0 Å². The number of benzene rings is 1. The SMILES string of the molecule is O=C(O)c1cn(CCNc2ccc3sccc3c2)nn1. The van der Waals surface area contributed by atoms with Gasteiger partial charge in [0.2, 0.25) is 0 Å². The van der Waals surface area contributed by atoms with E-state index in [1.165, 1.54) is 21.0 Å². The highest BCUT2D eigenvalue weighted by Crippen LogP contribution is 2.23. The monoisotopic (exact) mass is 288 g/mol. The number of carboxylic acids is 1. The normalized spacial score (nSPS) is 10.8. The number of anilines is 1. The molecule has 0 atom stereocenters. The Morgan fingerprint density at radius 1 is 1.40 bits per heavy atom. The molecule has 0 fully saturated rings. The molecule has 2 aromatic heterocycles. The fourth-order valence-corrected chi connectivity index (χ4v) is 2.67. The van der Waals surface area contributed by atoms with Gasteiger partial charge in [0, 0.05) is 16.9 Å². The van der Waals surface area contributed by atoms with Crippen molar-refractivity contribution in [2.75, 3.05) is 11.9 Å². The van der Waals surface area contributed by atoms with Crippen LogP contribution in [0.2, 0.25) is 0 Å². The van der Waals surface area contributed by atoms with E-state index in [-0.39, 0.29) is 5.69 Å². The van der Waals surface area contributed by atoms with E-state index < -0.39 is 5.97 Å². The third-order valence-electron chi connectivity index (χ3n) is 2.88. The molecule has 20 heavy (non-hydrogen) atoms. The summed E-state index contributed by atoms with van der Waals surface area (Å²) in [5.41, 5.74) is 0.999. The second kappa shape index (κ2) is 5.30. The first-order chi connectivity index (χ1) is 9.72. The average Bonchev–Trinajstić information content (AvgIpc) is 3.06. The van der Waals surface area contributed by atoms with E-state index in [1.54, 1.807) is 11.3 Å². The maximum Gasteiger partial charge on any atom is 0.358 e. The summed E-state index contributed by atoms with van der Waals surface area (Å²) in [6.07, 6.45) is 1.42. The molecule has 0 aliphatic heterocycles. The Kier molecular flexibility index (Phi) is 3.34. The van der Waals surface area contributed by atoms with Crippen LogP contribution >= 0.6 is 11.3 Å². The number of nitrogens with zero attached hydrogens (tertiary/aromatic N) is 3. The predicted molar refractivity (Wildman–Crippen MR) is 77.3 cm³/mol. The van der Waals surface area contributed by atoms with Crippen LogP contribution in [0, 0.1) is 0 Å². The second-order valence-corrected chi connectivity index (χ2v) is 5.22. The van der Waals surface area contributed by atoms with Gasteiger partial charge in [-0.05, 0) is 35.0 Å². The summed E-state index contributed by atoms with van der Waals surface area (Å²) in [6.45, 7) is 1.21. The zero-order valence-electron chi connectivity index (χ0n) is 10.5. The van der Waals surface area contributed by atoms with Crippen LogP contribution in [0.15, 0.2) is 35.8 Å². The van der Waals surface area contributed by atoms with Crippen molar-refractivity contribution < 1.29 is 9.90 Å².